The SMILES string of the molecule is CCN(CC(O)c1ccc(C)cc1)C(=O)NCCc1ccccn1. The molecule has 0 aliphatic heterocycles. The molecule has 2 aromatic rings. The number of amides is 2. The summed E-state index contributed by atoms with van der Waals surface area (Å²) in [5.41, 5.74) is 2.91. The normalized spacial score (nSPS) is 11.8. The molecule has 2 N–H and O–H groups in total. The van der Waals surface area contributed by atoms with Gasteiger partial charge in [-0.25, -0.2) is 4.79 Å². The topological polar surface area (TPSA) is 65.5 Å². The number of likely N-dealkylation sites (N-methyl/N-ethyl adjacent to an activating group) is 1. The number of carbonyl (C=O) groups excluding carboxylic acids is 1. The molecule has 2 rings (SSSR count). The summed E-state index contributed by atoms with van der Waals surface area (Å²) in [4.78, 5) is 18.1. The van der Waals surface area contributed by atoms with Crippen LogP contribution in [0.15, 0.2) is 48.7 Å². The van der Waals surface area contributed by atoms with Crippen LogP contribution in [0.5, 0.6) is 0 Å². The molecule has 0 aliphatic carbocycles. The number of nitrogens with one attached hydrogen (secondary N) is 1. The summed E-state index contributed by atoms with van der Waals surface area (Å²) in [6.45, 7) is 5.24. The van der Waals surface area contributed by atoms with Crippen LogP contribution in [0.1, 0.15) is 29.8 Å². The van der Waals surface area contributed by atoms with Gasteiger partial charge in [-0.1, -0.05) is 35.9 Å². The van der Waals surface area contributed by atoms with Crippen molar-refractivity contribution in [3.63, 3.8) is 0 Å². The number of hydrogen-bond acceptors (Lipinski definition) is 3. The van der Waals surface area contributed by atoms with Crippen LogP contribution in [-0.4, -0.2) is 40.7 Å². The molecule has 0 spiro atoms. The van der Waals surface area contributed by atoms with Crippen LogP contribution in [0.4, 0.5) is 4.79 Å². The fourth-order valence-corrected chi connectivity index (χ4v) is 2.41. The van der Waals surface area contributed by atoms with Crippen LogP contribution in [0.3, 0.4) is 0 Å². The Morgan fingerprint density at radius 3 is 2.62 bits per heavy atom. The van der Waals surface area contributed by atoms with Gasteiger partial charge in [0.05, 0.1) is 12.6 Å². The average Bonchev–Trinajstić information content (AvgIpc) is 2.60. The fraction of sp³-hybridized carbons (Fsp3) is 0.368. The van der Waals surface area contributed by atoms with Crippen molar-refractivity contribution in [1.82, 2.24) is 15.2 Å². The minimum atomic E-state index is -0.688. The Kier molecular flexibility index (Phi) is 6.75. The summed E-state index contributed by atoms with van der Waals surface area (Å²) in [7, 11) is 0. The van der Waals surface area contributed by atoms with Crippen molar-refractivity contribution in [2.75, 3.05) is 19.6 Å². The summed E-state index contributed by atoms with van der Waals surface area (Å²) < 4.78 is 0. The number of urea groups is 1. The Morgan fingerprint density at radius 1 is 1.25 bits per heavy atom. The molecule has 128 valence electrons. The van der Waals surface area contributed by atoms with Gasteiger partial charge in [0.25, 0.3) is 0 Å². The van der Waals surface area contributed by atoms with E-state index in [1.54, 1.807) is 11.1 Å². The molecule has 0 radical (unpaired) electrons. The summed E-state index contributed by atoms with van der Waals surface area (Å²) >= 11 is 0. The Morgan fingerprint density at radius 2 is 2.00 bits per heavy atom. The number of nitrogens with zero attached hydrogens (tertiary/aromatic N) is 2. The highest BCUT2D eigenvalue weighted by molar-refractivity contribution is 5.74. The molecule has 0 bridgehead atoms. The lowest BCUT2D eigenvalue weighted by Crippen LogP contribution is -2.42. The Balaban J connectivity index is 1.83. The Bertz CT molecular complexity index is 629. The van der Waals surface area contributed by atoms with Crippen molar-refractivity contribution in [2.24, 2.45) is 0 Å². The molecule has 1 aromatic carbocycles. The zero-order valence-corrected chi connectivity index (χ0v) is 14.3. The zero-order valence-electron chi connectivity index (χ0n) is 14.3. The van der Waals surface area contributed by atoms with Gasteiger partial charge in [-0.05, 0) is 31.5 Å². The Hall–Kier alpha value is -2.40. The number of pyridine rings is 1. The molecule has 2 amide bonds. The molecule has 0 saturated heterocycles. The standard InChI is InChI=1S/C19H25N3O2/c1-3-22(14-18(23)16-9-7-15(2)8-10-16)19(24)21-13-11-17-6-4-5-12-20-17/h4-10,12,18,23H,3,11,13-14H2,1-2H3,(H,21,24). The van der Waals surface area contributed by atoms with E-state index in [0.717, 1.165) is 16.8 Å². The van der Waals surface area contributed by atoms with E-state index in [1.165, 1.54) is 0 Å². The van der Waals surface area contributed by atoms with E-state index in [4.69, 9.17) is 0 Å². The third-order valence-corrected chi connectivity index (χ3v) is 3.91. The molecule has 0 fully saturated rings. The minimum Gasteiger partial charge on any atom is -0.387 e. The highest BCUT2D eigenvalue weighted by Gasteiger charge is 2.17. The van der Waals surface area contributed by atoms with E-state index in [1.807, 2.05) is 56.3 Å². The van der Waals surface area contributed by atoms with Gasteiger partial charge >= 0.3 is 6.03 Å². The summed E-state index contributed by atoms with van der Waals surface area (Å²) in [6, 6.07) is 13.3. The van der Waals surface area contributed by atoms with Crippen LogP contribution in [0.2, 0.25) is 0 Å². The number of hydrogen-bond donors (Lipinski definition) is 2. The van der Waals surface area contributed by atoms with E-state index >= 15 is 0 Å². The summed E-state index contributed by atoms with van der Waals surface area (Å²) in [5, 5.41) is 13.2. The van der Waals surface area contributed by atoms with E-state index in [9.17, 15) is 9.90 Å². The van der Waals surface area contributed by atoms with Gasteiger partial charge < -0.3 is 15.3 Å². The van der Waals surface area contributed by atoms with Crippen LogP contribution in [0.25, 0.3) is 0 Å². The van der Waals surface area contributed by atoms with Crippen LogP contribution in [0, 0.1) is 6.92 Å². The monoisotopic (exact) mass is 327 g/mol. The summed E-state index contributed by atoms with van der Waals surface area (Å²) in [5.74, 6) is 0. The molecule has 24 heavy (non-hydrogen) atoms. The van der Waals surface area contributed by atoms with Gasteiger partial charge in [0.1, 0.15) is 0 Å². The van der Waals surface area contributed by atoms with Crippen LogP contribution >= 0.6 is 0 Å². The van der Waals surface area contributed by atoms with Gasteiger partial charge in [-0.3, -0.25) is 4.98 Å². The molecule has 0 aliphatic rings. The van der Waals surface area contributed by atoms with Crippen LogP contribution in [-0.2, 0) is 6.42 Å². The predicted molar refractivity (Wildman–Crippen MR) is 94.7 cm³/mol. The number of aliphatic hydroxyl groups is 1. The van der Waals surface area contributed by atoms with E-state index in [-0.39, 0.29) is 12.6 Å². The van der Waals surface area contributed by atoms with E-state index < -0.39 is 6.10 Å². The fourth-order valence-electron chi connectivity index (χ4n) is 2.41. The first-order valence-corrected chi connectivity index (χ1v) is 8.27. The van der Waals surface area contributed by atoms with Gasteiger partial charge in [-0.15, -0.1) is 0 Å². The van der Waals surface area contributed by atoms with Gasteiger partial charge in [0.2, 0.25) is 0 Å². The second-order valence-corrected chi connectivity index (χ2v) is 5.77. The molecular formula is C19H25N3O2. The van der Waals surface area contributed by atoms with Gasteiger partial charge in [-0.2, -0.15) is 0 Å². The number of rotatable bonds is 7. The maximum atomic E-state index is 12.3. The second-order valence-electron chi connectivity index (χ2n) is 5.77. The lowest BCUT2D eigenvalue weighted by molar-refractivity contribution is 0.123. The number of benzene rings is 1. The van der Waals surface area contributed by atoms with E-state index in [0.29, 0.717) is 19.5 Å². The number of aryl methyl sites for hydroxylation is 1. The predicted octanol–water partition coefficient (Wildman–Crippen LogP) is 2.70. The van der Waals surface area contributed by atoms with Crippen molar-refractivity contribution in [1.29, 1.82) is 0 Å². The molecular weight excluding hydrogens is 302 g/mol. The van der Waals surface area contributed by atoms with Gasteiger partial charge in [0, 0.05) is 31.4 Å². The largest absolute Gasteiger partial charge is 0.387 e. The third-order valence-electron chi connectivity index (χ3n) is 3.91. The highest BCUT2D eigenvalue weighted by atomic mass is 16.3. The maximum Gasteiger partial charge on any atom is 0.317 e. The number of aromatic nitrogens is 1. The van der Waals surface area contributed by atoms with Crippen molar-refractivity contribution in [3.05, 3.63) is 65.5 Å². The molecule has 1 atom stereocenters. The lowest BCUT2D eigenvalue weighted by Gasteiger charge is -2.24. The molecule has 1 aromatic heterocycles. The number of aliphatic hydroxyl groups excluding tert-OH is 1. The van der Waals surface area contributed by atoms with Gasteiger partial charge in [0.15, 0.2) is 0 Å². The third kappa shape index (κ3) is 5.35. The smallest absolute Gasteiger partial charge is 0.317 e. The second kappa shape index (κ2) is 9.03. The molecule has 5 nitrogen and oxygen atoms in total. The summed E-state index contributed by atoms with van der Waals surface area (Å²) in [6.07, 6.45) is 1.74. The van der Waals surface area contributed by atoms with Crippen molar-refractivity contribution < 1.29 is 9.90 Å². The first-order valence-electron chi connectivity index (χ1n) is 8.27. The average molecular weight is 327 g/mol. The van der Waals surface area contributed by atoms with Crippen molar-refractivity contribution >= 4 is 6.03 Å². The van der Waals surface area contributed by atoms with Crippen molar-refractivity contribution in [2.45, 2.75) is 26.4 Å². The first kappa shape index (κ1) is 17.9. The van der Waals surface area contributed by atoms with Crippen LogP contribution < -0.4 is 5.32 Å². The minimum absolute atomic E-state index is 0.167. The zero-order chi connectivity index (χ0) is 17.4. The molecule has 1 unspecified atom stereocenters. The quantitative estimate of drug-likeness (QED) is 0.822. The lowest BCUT2D eigenvalue weighted by atomic mass is 10.1. The first-order chi connectivity index (χ1) is 11.6. The Labute approximate surface area is 143 Å². The number of carbonyl (C=O) groups is 1. The maximum absolute atomic E-state index is 12.3. The highest BCUT2D eigenvalue weighted by Crippen LogP contribution is 2.15. The van der Waals surface area contributed by atoms with E-state index in [2.05, 4.69) is 10.3 Å². The molecule has 5 heteroatoms. The molecule has 0 saturated carbocycles. The molecule has 1 heterocycles. The van der Waals surface area contributed by atoms with Crippen molar-refractivity contribution in [3.8, 4) is 0 Å².